The molecule has 1 saturated heterocycles. The zero-order valence-electron chi connectivity index (χ0n) is 11.9. The normalized spacial score (nSPS) is 19.6. The molecule has 1 fully saturated rings. The Morgan fingerprint density at radius 1 is 1.58 bits per heavy atom. The summed E-state index contributed by atoms with van der Waals surface area (Å²) >= 11 is 5.05. The fraction of sp³-hybridized carbons (Fsp3) is 0.571. The molecule has 1 unspecified atom stereocenters. The highest BCUT2D eigenvalue weighted by Crippen LogP contribution is 2.19. The highest BCUT2D eigenvalue weighted by atomic mass is 32.1. The summed E-state index contributed by atoms with van der Waals surface area (Å²) in [5.74, 6) is 0.947. The fourth-order valence-electron chi connectivity index (χ4n) is 2.61. The summed E-state index contributed by atoms with van der Waals surface area (Å²) in [5, 5.41) is 0. The minimum absolute atomic E-state index is 0.429. The molecule has 4 nitrogen and oxygen atoms in total. The molecule has 2 rings (SSSR count). The van der Waals surface area contributed by atoms with Gasteiger partial charge in [-0.2, -0.15) is 0 Å². The maximum Gasteiger partial charge on any atom is 0.129 e. The Hall–Kier alpha value is -1.20. The molecule has 0 radical (unpaired) electrons. The number of aryl methyl sites for hydroxylation is 1. The van der Waals surface area contributed by atoms with Crippen molar-refractivity contribution in [2.24, 2.45) is 5.73 Å². The highest BCUT2D eigenvalue weighted by Gasteiger charge is 2.22. The number of pyridine rings is 1. The van der Waals surface area contributed by atoms with Crippen molar-refractivity contribution in [3.8, 4) is 0 Å². The van der Waals surface area contributed by atoms with E-state index < -0.39 is 0 Å². The van der Waals surface area contributed by atoms with Crippen molar-refractivity contribution in [2.45, 2.75) is 25.8 Å². The van der Waals surface area contributed by atoms with Crippen LogP contribution in [-0.4, -0.2) is 48.1 Å². The third-order valence-corrected chi connectivity index (χ3v) is 4.01. The molecule has 1 aliphatic rings. The van der Waals surface area contributed by atoms with Crippen LogP contribution in [-0.2, 0) is 0 Å². The van der Waals surface area contributed by atoms with Crippen molar-refractivity contribution in [2.75, 3.05) is 32.1 Å². The van der Waals surface area contributed by atoms with Gasteiger partial charge in [0.25, 0.3) is 0 Å². The number of nitrogens with two attached hydrogens (primary N) is 1. The maximum atomic E-state index is 5.71. The van der Waals surface area contributed by atoms with Gasteiger partial charge in [-0.25, -0.2) is 4.98 Å². The molecule has 0 spiro atoms. The molecule has 19 heavy (non-hydrogen) atoms. The minimum atomic E-state index is 0.429. The predicted octanol–water partition coefficient (Wildman–Crippen LogP) is 1.55. The van der Waals surface area contributed by atoms with Gasteiger partial charge in [0, 0.05) is 30.9 Å². The Bertz CT molecular complexity index is 475. The summed E-state index contributed by atoms with van der Waals surface area (Å²) in [4.78, 5) is 9.62. The molecule has 5 heteroatoms. The number of hydrogen-bond donors (Lipinski definition) is 1. The van der Waals surface area contributed by atoms with Gasteiger partial charge >= 0.3 is 0 Å². The average molecular weight is 278 g/mol. The first-order chi connectivity index (χ1) is 8.97. The SMILES string of the molecule is Cc1cc(C(N)=S)cc(N(C)CC2CCCN2C)n1. The van der Waals surface area contributed by atoms with Crippen LogP contribution in [0.2, 0.25) is 0 Å². The number of likely N-dealkylation sites (tertiary alicyclic amines) is 1. The lowest BCUT2D eigenvalue weighted by atomic mass is 10.2. The quantitative estimate of drug-likeness (QED) is 0.847. The van der Waals surface area contributed by atoms with Gasteiger partial charge in [0.05, 0.1) is 0 Å². The van der Waals surface area contributed by atoms with Crippen LogP contribution in [0.4, 0.5) is 5.82 Å². The number of anilines is 1. The van der Waals surface area contributed by atoms with E-state index in [0.717, 1.165) is 23.6 Å². The van der Waals surface area contributed by atoms with Crippen LogP contribution in [0.25, 0.3) is 0 Å². The Kier molecular flexibility index (Phi) is 4.37. The second-order valence-corrected chi connectivity index (χ2v) is 5.82. The van der Waals surface area contributed by atoms with Crippen LogP contribution in [0, 0.1) is 6.92 Å². The van der Waals surface area contributed by atoms with Crippen molar-refractivity contribution in [1.29, 1.82) is 0 Å². The van der Waals surface area contributed by atoms with E-state index in [2.05, 4.69) is 28.9 Å². The molecule has 1 aromatic heterocycles. The summed E-state index contributed by atoms with van der Waals surface area (Å²) in [6.07, 6.45) is 2.54. The lowest BCUT2D eigenvalue weighted by Crippen LogP contribution is -2.37. The second kappa shape index (κ2) is 5.84. The summed E-state index contributed by atoms with van der Waals surface area (Å²) in [6.45, 7) is 4.16. The summed E-state index contributed by atoms with van der Waals surface area (Å²) in [7, 11) is 4.27. The van der Waals surface area contributed by atoms with Gasteiger partial charge in [-0.05, 0) is 45.5 Å². The molecule has 0 aliphatic carbocycles. The van der Waals surface area contributed by atoms with Crippen LogP contribution in [0.15, 0.2) is 12.1 Å². The van der Waals surface area contributed by atoms with Gasteiger partial charge in [-0.1, -0.05) is 12.2 Å². The first-order valence-electron chi connectivity index (χ1n) is 6.67. The van der Waals surface area contributed by atoms with Crippen molar-refractivity contribution in [3.05, 3.63) is 23.4 Å². The monoisotopic (exact) mass is 278 g/mol. The van der Waals surface area contributed by atoms with Gasteiger partial charge < -0.3 is 15.5 Å². The van der Waals surface area contributed by atoms with Crippen LogP contribution in [0.3, 0.4) is 0 Å². The van der Waals surface area contributed by atoms with E-state index >= 15 is 0 Å². The van der Waals surface area contributed by atoms with E-state index in [9.17, 15) is 0 Å². The fourth-order valence-corrected chi connectivity index (χ4v) is 2.73. The first-order valence-corrected chi connectivity index (χ1v) is 7.08. The lowest BCUT2D eigenvalue weighted by Gasteiger charge is -2.27. The smallest absolute Gasteiger partial charge is 0.129 e. The molecular weight excluding hydrogens is 256 g/mol. The van der Waals surface area contributed by atoms with E-state index in [1.165, 1.54) is 19.4 Å². The van der Waals surface area contributed by atoms with E-state index in [-0.39, 0.29) is 0 Å². The van der Waals surface area contributed by atoms with Gasteiger partial charge in [0.2, 0.25) is 0 Å². The topological polar surface area (TPSA) is 45.4 Å². The predicted molar refractivity (Wildman–Crippen MR) is 83.8 cm³/mol. The van der Waals surface area contributed by atoms with Gasteiger partial charge in [0.1, 0.15) is 10.8 Å². The minimum Gasteiger partial charge on any atom is -0.389 e. The second-order valence-electron chi connectivity index (χ2n) is 5.38. The maximum absolute atomic E-state index is 5.71. The van der Waals surface area contributed by atoms with E-state index in [1.54, 1.807) is 0 Å². The molecule has 0 aromatic carbocycles. The van der Waals surface area contributed by atoms with Gasteiger partial charge in [0.15, 0.2) is 0 Å². The van der Waals surface area contributed by atoms with Crippen molar-refractivity contribution in [1.82, 2.24) is 9.88 Å². The summed E-state index contributed by atoms with van der Waals surface area (Å²) in [6, 6.07) is 4.52. The Balaban J connectivity index is 2.14. The molecule has 2 N–H and O–H groups in total. The molecule has 0 amide bonds. The average Bonchev–Trinajstić information content (AvgIpc) is 2.74. The zero-order chi connectivity index (χ0) is 14.0. The zero-order valence-corrected chi connectivity index (χ0v) is 12.7. The molecular formula is C14H22N4S. The van der Waals surface area contributed by atoms with Crippen LogP contribution >= 0.6 is 12.2 Å². The Morgan fingerprint density at radius 3 is 2.89 bits per heavy atom. The van der Waals surface area contributed by atoms with Crippen molar-refractivity contribution in [3.63, 3.8) is 0 Å². The number of likely N-dealkylation sites (N-methyl/N-ethyl adjacent to an activating group) is 2. The molecule has 2 heterocycles. The first kappa shape index (κ1) is 14.2. The largest absolute Gasteiger partial charge is 0.389 e. The molecule has 1 aromatic rings. The standard InChI is InChI=1S/C14H22N4S/c1-10-7-11(14(15)19)8-13(16-10)18(3)9-12-5-4-6-17(12)2/h7-8,12H,4-6,9H2,1-3H3,(H2,15,19). The number of rotatable bonds is 4. The molecule has 1 aliphatic heterocycles. The van der Waals surface area contributed by atoms with Crippen molar-refractivity contribution < 1.29 is 0 Å². The summed E-state index contributed by atoms with van der Waals surface area (Å²) in [5.41, 5.74) is 7.56. The number of nitrogens with zero attached hydrogens (tertiary/aromatic N) is 3. The van der Waals surface area contributed by atoms with E-state index in [1.807, 2.05) is 19.1 Å². The Labute approximate surface area is 120 Å². The lowest BCUT2D eigenvalue weighted by molar-refractivity contribution is 0.314. The van der Waals surface area contributed by atoms with E-state index in [0.29, 0.717) is 11.0 Å². The number of hydrogen-bond acceptors (Lipinski definition) is 4. The van der Waals surface area contributed by atoms with Crippen LogP contribution < -0.4 is 10.6 Å². The molecule has 104 valence electrons. The highest BCUT2D eigenvalue weighted by molar-refractivity contribution is 7.80. The third-order valence-electron chi connectivity index (χ3n) is 3.77. The van der Waals surface area contributed by atoms with Crippen LogP contribution in [0.5, 0.6) is 0 Å². The summed E-state index contributed by atoms with van der Waals surface area (Å²) < 4.78 is 0. The molecule has 0 bridgehead atoms. The number of thiocarbonyl (C=S) groups is 1. The van der Waals surface area contributed by atoms with Crippen LogP contribution in [0.1, 0.15) is 24.1 Å². The number of aromatic nitrogens is 1. The van der Waals surface area contributed by atoms with Gasteiger partial charge in [-0.3, -0.25) is 0 Å². The Morgan fingerprint density at radius 2 is 2.32 bits per heavy atom. The molecule has 0 saturated carbocycles. The van der Waals surface area contributed by atoms with Crippen molar-refractivity contribution >= 4 is 23.0 Å². The van der Waals surface area contributed by atoms with Gasteiger partial charge in [-0.15, -0.1) is 0 Å². The molecule has 1 atom stereocenters. The van der Waals surface area contributed by atoms with E-state index in [4.69, 9.17) is 18.0 Å². The third kappa shape index (κ3) is 3.42.